The number of rotatable bonds is 6. The van der Waals surface area contributed by atoms with Gasteiger partial charge < -0.3 is 10.1 Å². The van der Waals surface area contributed by atoms with Crippen molar-refractivity contribution >= 4 is 33.2 Å². The summed E-state index contributed by atoms with van der Waals surface area (Å²) in [6.45, 7) is 0.323. The lowest BCUT2D eigenvalue weighted by Gasteiger charge is -2.31. The van der Waals surface area contributed by atoms with E-state index in [1.165, 1.54) is 16.4 Å². The Morgan fingerprint density at radius 3 is 2.52 bits per heavy atom. The van der Waals surface area contributed by atoms with Crippen LogP contribution in [0.3, 0.4) is 0 Å². The molecule has 1 N–H and O–H groups in total. The summed E-state index contributed by atoms with van der Waals surface area (Å²) in [5.74, 6) is -0.373. The maximum atomic E-state index is 13.2. The van der Waals surface area contributed by atoms with E-state index >= 15 is 0 Å². The van der Waals surface area contributed by atoms with Crippen molar-refractivity contribution in [1.29, 1.82) is 0 Å². The zero-order chi connectivity index (χ0) is 23.4. The molecule has 0 aromatic heterocycles. The van der Waals surface area contributed by atoms with Gasteiger partial charge in [0.2, 0.25) is 15.9 Å². The van der Waals surface area contributed by atoms with E-state index in [1.807, 2.05) is 18.2 Å². The van der Waals surface area contributed by atoms with E-state index in [4.69, 9.17) is 16.3 Å². The Bertz CT molecular complexity index is 1240. The molecular weight excluding hydrogens is 467 g/mol. The van der Waals surface area contributed by atoms with Crippen LogP contribution in [0.2, 0.25) is 5.02 Å². The van der Waals surface area contributed by atoms with Gasteiger partial charge in [-0.1, -0.05) is 29.8 Å². The monoisotopic (exact) mass is 488 g/mol. The molecule has 1 heterocycles. The molecule has 0 aliphatic carbocycles. The zero-order valence-electron chi connectivity index (χ0n) is 17.6. The van der Waals surface area contributed by atoms with E-state index in [-0.39, 0.29) is 17.3 Å². The summed E-state index contributed by atoms with van der Waals surface area (Å²) in [6.07, 6.45) is 1.07. The molecule has 1 aliphatic heterocycles. The van der Waals surface area contributed by atoms with Gasteiger partial charge in [0.15, 0.2) is 5.75 Å². The first-order valence-electron chi connectivity index (χ1n) is 10.4. The Kier molecular flexibility index (Phi) is 6.97. The van der Waals surface area contributed by atoms with Crippen LogP contribution in [0.25, 0.3) is 0 Å². The largest absolute Gasteiger partial charge is 0.455 e. The van der Waals surface area contributed by atoms with Crippen molar-refractivity contribution in [3.05, 3.63) is 83.6 Å². The van der Waals surface area contributed by atoms with E-state index in [1.54, 1.807) is 30.3 Å². The molecule has 3 aromatic carbocycles. The van der Waals surface area contributed by atoms with Gasteiger partial charge in [-0.25, -0.2) is 12.8 Å². The molecule has 1 aliphatic rings. The summed E-state index contributed by atoms with van der Waals surface area (Å²) in [7, 11) is -3.83. The number of carbonyl (C=O) groups is 1. The molecular formula is C24H22ClFN2O4S. The number of piperidine rings is 1. The van der Waals surface area contributed by atoms with Crippen LogP contribution in [0.15, 0.2) is 77.7 Å². The molecule has 3 aromatic rings. The molecule has 9 heteroatoms. The standard InChI is InChI=1S/C24H22ClFN2O4S/c25-18-8-13-23(32-20-6-2-1-3-7-20)22(15-18)27-24(29)17-5-4-14-28(16-17)33(30,31)21-11-9-19(26)10-12-21/h1-3,6-13,15,17H,4-5,14,16H2,(H,27,29). The van der Waals surface area contributed by atoms with Crippen LogP contribution in [0.5, 0.6) is 11.5 Å². The number of ether oxygens (including phenoxy) is 1. The Morgan fingerprint density at radius 1 is 1.06 bits per heavy atom. The van der Waals surface area contributed by atoms with Gasteiger partial charge in [-0.05, 0) is 67.4 Å². The summed E-state index contributed by atoms with van der Waals surface area (Å²) < 4.78 is 46.3. The predicted molar refractivity (Wildman–Crippen MR) is 124 cm³/mol. The first-order valence-corrected chi connectivity index (χ1v) is 12.2. The van der Waals surface area contributed by atoms with E-state index in [0.717, 1.165) is 12.1 Å². The molecule has 4 rings (SSSR count). The lowest BCUT2D eigenvalue weighted by atomic mass is 9.98. The SMILES string of the molecule is O=C(Nc1cc(Cl)ccc1Oc1ccccc1)C1CCCN(S(=O)(=O)c2ccc(F)cc2)C1. The average molecular weight is 489 g/mol. The molecule has 0 saturated carbocycles. The lowest BCUT2D eigenvalue weighted by molar-refractivity contribution is -0.120. The second-order valence-electron chi connectivity index (χ2n) is 7.70. The number of anilines is 1. The van der Waals surface area contributed by atoms with E-state index < -0.39 is 21.8 Å². The number of para-hydroxylation sites is 1. The van der Waals surface area contributed by atoms with Crippen LogP contribution in [-0.4, -0.2) is 31.7 Å². The van der Waals surface area contributed by atoms with E-state index in [2.05, 4.69) is 5.32 Å². The third-order valence-corrected chi connectivity index (χ3v) is 7.49. The second kappa shape index (κ2) is 9.91. The molecule has 6 nitrogen and oxygen atoms in total. The van der Waals surface area contributed by atoms with Crippen molar-refractivity contribution in [2.24, 2.45) is 5.92 Å². The van der Waals surface area contributed by atoms with Gasteiger partial charge in [-0.3, -0.25) is 4.79 Å². The third kappa shape index (κ3) is 5.52. The van der Waals surface area contributed by atoms with Crippen molar-refractivity contribution in [3.8, 4) is 11.5 Å². The minimum atomic E-state index is -3.83. The minimum absolute atomic E-state index is 0.00153. The first kappa shape index (κ1) is 23.2. The summed E-state index contributed by atoms with van der Waals surface area (Å²) in [5.41, 5.74) is 0.398. The summed E-state index contributed by atoms with van der Waals surface area (Å²) in [6, 6.07) is 18.7. The molecule has 172 valence electrons. The molecule has 0 radical (unpaired) electrons. The molecule has 1 saturated heterocycles. The Balaban J connectivity index is 1.50. The number of carbonyl (C=O) groups excluding carboxylic acids is 1. The Hall–Kier alpha value is -2.94. The smallest absolute Gasteiger partial charge is 0.243 e. The summed E-state index contributed by atoms with van der Waals surface area (Å²) >= 11 is 6.13. The zero-order valence-corrected chi connectivity index (χ0v) is 19.2. The van der Waals surface area contributed by atoms with Gasteiger partial charge in [-0.2, -0.15) is 4.31 Å². The van der Waals surface area contributed by atoms with Crippen molar-refractivity contribution in [2.45, 2.75) is 17.7 Å². The van der Waals surface area contributed by atoms with Gasteiger partial charge in [0.25, 0.3) is 0 Å². The number of amides is 1. The van der Waals surface area contributed by atoms with E-state index in [9.17, 15) is 17.6 Å². The van der Waals surface area contributed by atoms with Crippen molar-refractivity contribution in [3.63, 3.8) is 0 Å². The molecule has 33 heavy (non-hydrogen) atoms. The van der Waals surface area contributed by atoms with Crippen LogP contribution < -0.4 is 10.1 Å². The highest BCUT2D eigenvalue weighted by Crippen LogP contribution is 2.33. The van der Waals surface area contributed by atoms with Crippen LogP contribution in [0, 0.1) is 11.7 Å². The average Bonchev–Trinajstić information content (AvgIpc) is 2.82. The third-order valence-electron chi connectivity index (χ3n) is 5.38. The number of nitrogens with one attached hydrogen (secondary N) is 1. The summed E-state index contributed by atoms with van der Waals surface area (Å²) in [4.78, 5) is 13.1. The van der Waals surface area contributed by atoms with Gasteiger partial charge in [0, 0.05) is 18.1 Å². The Labute approximate surface area is 197 Å². The fraction of sp³-hybridized carbons (Fsp3) is 0.208. The second-order valence-corrected chi connectivity index (χ2v) is 10.1. The van der Waals surface area contributed by atoms with Gasteiger partial charge >= 0.3 is 0 Å². The normalized spacial score (nSPS) is 16.8. The predicted octanol–water partition coefficient (Wildman–Crippen LogP) is 5.31. The summed E-state index contributed by atoms with van der Waals surface area (Å²) in [5, 5.41) is 3.27. The lowest BCUT2D eigenvalue weighted by Crippen LogP contribution is -2.43. The molecule has 1 amide bonds. The van der Waals surface area contributed by atoms with Crippen LogP contribution in [0.1, 0.15) is 12.8 Å². The highest BCUT2D eigenvalue weighted by Gasteiger charge is 2.33. The van der Waals surface area contributed by atoms with Gasteiger partial charge in [0.05, 0.1) is 16.5 Å². The number of benzene rings is 3. The number of halogens is 2. The highest BCUT2D eigenvalue weighted by molar-refractivity contribution is 7.89. The fourth-order valence-corrected chi connectivity index (χ4v) is 5.37. The van der Waals surface area contributed by atoms with Crippen molar-refractivity contribution in [2.75, 3.05) is 18.4 Å². The van der Waals surface area contributed by atoms with Gasteiger partial charge in [0.1, 0.15) is 11.6 Å². The van der Waals surface area contributed by atoms with Crippen LogP contribution in [-0.2, 0) is 14.8 Å². The number of hydrogen-bond donors (Lipinski definition) is 1. The quantitative estimate of drug-likeness (QED) is 0.510. The fourth-order valence-electron chi connectivity index (χ4n) is 3.67. The molecule has 0 spiro atoms. The maximum Gasteiger partial charge on any atom is 0.243 e. The maximum absolute atomic E-state index is 13.2. The minimum Gasteiger partial charge on any atom is -0.455 e. The number of nitrogens with zero attached hydrogens (tertiary/aromatic N) is 1. The van der Waals surface area contributed by atoms with E-state index in [0.29, 0.717) is 41.6 Å². The molecule has 0 bridgehead atoms. The van der Waals surface area contributed by atoms with Crippen LogP contribution in [0.4, 0.5) is 10.1 Å². The van der Waals surface area contributed by atoms with Crippen molar-refractivity contribution < 1.29 is 22.3 Å². The first-order chi connectivity index (χ1) is 15.8. The van der Waals surface area contributed by atoms with Gasteiger partial charge in [-0.15, -0.1) is 0 Å². The topological polar surface area (TPSA) is 75.7 Å². The number of hydrogen-bond acceptors (Lipinski definition) is 4. The molecule has 1 unspecified atom stereocenters. The molecule has 1 atom stereocenters. The number of sulfonamides is 1. The highest BCUT2D eigenvalue weighted by atomic mass is 35.5. The van der Waals surface area contributed by atoms with Crippen molar-refractivity contribution in [1.82, 2.24) is 4.31 Å². The Morgan fingerprint density at radius 2 is 1.79 bits per heavy atom. The van der Waals surface area contributed by atoms with Crippen LogP contribution >= 0.6 is 11.6 Å². The molecule has 1 fully saturated rings.